The summed E-state index contributed by atoms with van der Waals surface area (Å²) in [6.45, 7) is 0. The smallest absolute Gasteiger partial charge is 0.0710 e. The topological polar surface area (TPSA) is 29.9 Å². The summed E-state index contributed by atoms with van der Waals surface area (Å²) in [6.07, 6.45) is 12.1. The average Bonchev–Trinajstić information content (AvgIpc) is 3.50. The van der Waals surface area contributed by atoms with Crippen LogP contribution in [0.4, 0.5) is 0 Å². The number of aromatic nitrogens is 2. The number of hydrogen-bond donors (Lipinski definition) is 1. The molecule has 0 aliphatic carbocycles. The van der Waals surface area contributed by atoms with Gasteiger partial charge in [-0.2, -0.15) is 0 Å². The van der Waals surface area contributed by atoms with E-state index >= 15 is 0 Å². The van der Waals surface area contributed by atoms with E-state index in [2.05, 4.69) is 167 Å². The lowest BCUT2D eigenvalue weighted by atomic mass is 9.96. The van der Waals surface area contributed by atoms with Crippen molar-refractivity contribution in [3.05, 3.63) is 182 Å². The Balaban J connectivity index is 1.21. The molecule has 9 rings (SSSR count). The van der Waals surface area contributed by atoms with Gasteiger partial charge in [-0.25, -0.2) is 0 Å². The lowest BCUT2D eigenvalue weighted by Gasteiger charge is -2.16. The molecule has 3 heteroatoms. The summed E-state index contributed by atoms with van der Waals surface area (Å²) in [7, 11) is 0. The Morgan fingerprint density at radius 1 is 0.511 bits per heavy atom. The van der Waals surface area contributed by atoms with Crippen molar-refractivity contribution in [2.75, 3.05) is 0 Å². The molecule has 1 atom stereocenters. The van der Waals surface area contributed by atoms with E-state index in [4.69, 9.17) is 0 Å². The minimum atomic E-state index is 0.115. The van der Waals surface area contributed by atoms with Gasteiger partial charge in [0.1, 0.15) is 0 Å². The number of benzene rings is 6. The van der Waals surface area contributed by atoms with E-state index in [0.29, 0.717) is 0 Å². The van der Waals surface area contributed by atoms with Crippen LogP contribution in [-0.4, -0.2) is 9.55 Å². The van der Waals surface area contributed by atoms with Crippen LogP contribution in [0.3, 0.4) is 0 Å². The molecular formula is C44H31N3. The summed E-state index contributed by atoms with van der Waals surface area (Å²) in [5.74, 6) is 0. The predicted octanol–water partition coefficient (Wildman–Crippen LogP) is 11.0. The number of pyridine rings is 1. The van der Waals surface area contributed by atoms with Crippen molar-refractivity contribution in [2.45, 2.75) is 6.04 Å². The highest BCUT2D eigenvalue weighted by atomic mass is 15.0. The number of hydrogen-bond acceptors (Lipinski definition) is 2. The Morgan fingerprint density at radius 3 is 2.02 bits per heavy atom. The first-order valence-electron chi connectivity index (χ1n) is 16.1. The highest BCUT2D eigenvalue weighted by Gasteiger charge is 2.17. The minimum Gasteiger partial charge on any atom is -0.381 e. The number of fused-ring (bicyclic) bond motifs is 5. The molecule has 0 saturated heterocycles. The van der Waals surface area contributed by atoms with Gasteiger partial charge in [0.05, 0.1) is 17.1 Å². The highest BCUT2D eigenvalue weighted by Crippen LogP contribution is 2.40. The van der Waals surface area contributed by atoms with Crippen molar-refractivity contribution >= 4 is 32.6 Å². The van der Waals surface area contributed by atoms with E-state index in [1.807, 2.05) is 24.7 Å². The van der Waals surface area contributed by atoms with Crippen LogP contribution in [0.15, 0.2) is 176 Å². The zero-order valence-electron chi connectivity index (χ0n) is 25.7. The summed E-state index contributed by atoms with van der Waals surface area (Å²) in [5, 5.41) is 8.36. The van der Waals surface area contributed by atoms with Crippen molar-refractivity contribution in [2.24, 2.45) is 0 Å². The molecule has 1 aliphatic heterocycles. The van der Waals surface area contributed by atoms with Gasteiger partial charge in [0.25, 0.3) is 0 Å². The van der Waals surface area contributed by atoms with E-state index in [-0.39, 0.29) is 6.04 Å². The van der Waals surface area contributed by atoms with Crippen molar-refractivity contribution in [1.29, 1.82) is 0 Å². The zero-order valence-corrected chi connectivity index (χ0v) is 25.7. The zero-order chi connectivity index (χ0) is 31.2. The Morgan fingerprint density at radius 2 is 1.21 bits per heavy atom. The molecule has 1 N–H and O–H groups in total. The number of dihydropyridines is 1. The van der Waals surface area contributed by atoms with Crippen LogP contribution in [0.1, 0.15) is 11.6 Å². The first kappa shape index (κ1) is 27.1. The molecule has 3 heterocycles. The second-order valence-electron chi connectivity index (χ2n) is 12.1. The normalized spacial score (nSPS) is 14.2. The van der Waals surface area contributed by atoms with Gasteiger partial charge in [-0.3, -0.25) is 4.98 Å². The van der Waals surface area contributed by atoms with Crippen molar-refractivity contribution < 1.29 is 0 Å². The summed E-state index contributed by atoms with van der Waals surface area (Å²) in [5.41, 5.74) is 11.8. The molecule has 8 aromatic rings. The molecule has 1 aliphatic rings. The standard InChI is InChI=1S/C44H31N3/c1-3-10-30(11-4-1)31-12-9-13-32(24-31)33-17-20-39-35(25-33)19-22-41-40-21-18-34(27-43(40)47(44(39)41)38-14-5-2-6-15-38)36-26-37(29-45-28-36)42-16-7-8-23-46-42/h1-29,42,46H. The van der Waals surface area contributed by atoms with Crippen molar-refractivity contribution in [1.82, 2.24) is 14.9 Å². The van der Waals surface area contributed by atoms with Gasteiger partial charge in [-0.1, -0.05) is 115 Å². The van der Waals surface area contributed by atoms with Crippen LogP contribution < -0.4 is 5.32 Å². The maximum Gasteiger partial charge on any atom is 0.0710 e. The van der Waals surface area contributed by atoms with Gasteiger partial charge in [0.2, 0.25) is 0 Å². The predicted molar refractivity (Wildman–Crippen MR) is 197 cm³/mol. The molecule has 0 saturated carbocycles. The van der Waals surface area contributed by atoms with Crippen LogP contribution in [0.25, 0.3) is 71.6 Å². The molecule has 0 bridgehead atoms. The van der Waals surface area contributed by atoms with Crippen LogP contribution in [0.2, 0.25) is 0 Å². The molecule has 0 amide bonds. The molecule has 2 aromatic heterocycles. The van der Waals surface area contributed by atoms with E-state index < -0.39 is 0 Å². The first-order valence-corrected chi connectivity index (χ1v) is 16.1. The van der Waals surface area contributed by atoms with Gasteiger partial charge in [-0.15, -0.1) is 0 Å². The van der Waals surface area contributed by atoms with Crippen LogP contribution in [0.5, 0.6) is 0 Å². The summed E-state index contributed by atoms with van der Waals surface area (Å²) in [6, 6.07) is 50.8. The highest BCUT2D eigenvalue weighted by molar-refractivity contribution is 6.19. The lowest BCUT2D eigenvalue weighted by Crippen LogP contribution is -2.15. The third-order valence-corrected chi connectivity index (χ3v) is 9.30. The number of nitrogens with one attached hydrogen (secondary N) is 1. The fourth-order valence-corrected chi connectivity index (χ4v) is 6.99. The SMILES string of the molecule is C1=CNC(c2cncc(-c3ccc4c5ccc6cc(-c7cccc(-c8ccccc8)c7)ccc6c5n(-c5ccccc5)c4c3)c2)C=C1. The van der Waals surface area contributed by atoms with Gasteiger partial charge in [0, 0.05) is 39.8 Å². The number of rotatable bonds is 5. The molecular weight excluding hydrogens is 571 g/mol. The molecule has 1 unspecified atom stereocenters. The van der Waals surface area contributed by atoms with Crippen LogP contribution >= 0.6 is 0 Å². The van der Waals surface area contributed by atoms with E-state index in [1.54, 1.807) is 0 Å². The molecule has 0 fully saturated rings. The summed E-state index contributed by atoms with van der Waals surface area (Å²) >= 11 is 0. The summed E-state index contributed by atoms with van der Waals surface area (Å²) < 4.78 is 2.43. The lowest BCUT2D eigenvalue weighted by molar-refractivity contribution is 0.743. The molecule has 3 nitrogen and oxygen atoms in total. The number of nitrogens with zero attached hydrogens (tertiary/aromatic N) is 2. The fourth-order valence-electron chi connectivity index (χ4n) is 6.99. The molecule has 222 valence electrons. The second-order valence-corrected chi connectivity index (χ2v) is 12.1. The monoisotopic (exact) mass is 601 g/mol. The maximum atomic E-state index is 4.63. The van der Waals surface area contributed by atoms with E-state index in [9.17, 15) is 0 Å². The molecule has 47 heavy (non-hydrogen) atoms. The number of para-hydroxylation sites is 1. The molecule has 0 spiro atoms. The van der Waals surface area contributed by atoms with E-state index in [0.717, 1.165) is 22.4 Å². The fraction of sp³-hybridized carbons (Fsp3) is 0.0227. The largest absolute Gasteiger partial charge is 0.381 e. The van der Waals surface area contributed by atoms with Crippen LogP contribution in [-0.2, 0) is 0 Å². The maximum absolute atomic E-state index is 4.63. The Hall–Kier alpha value is -6.19. The van der Waals surface area contributed by atoms with Crippen LogP contribution in [0, 0.1) is 0 Å². The Kier molecular flexibility index (Phi) is 6.53. The second kappa shape index (κ2) is 11.3. The molecule has 6 aromatic carbocycles. The average molecular weight is 602 g/mol. The van der Waals surface area contributed by atoms with Gasteiger partial charge >= 0.3 is 0 Å². The molecule has 0 radical (unpaired) electrons. The van der Waals surface area contributed by atoms with Crippen molar-refractivity contribution in [3.63, 3.8) is 0 Å². The quantitative estimate of drug-likeness (QED) is 0.213. The Labute approximate surface area is 273 Å². The van der Waals surface area contributed by atoms with Crippen molar-refractivity contribution in [3.8, 4) is 39.1 Å². The third kappa shape index (κ3) is 4.81. The van der Waals surface area contributed by atoms with Gasteiger partial charge in [0.15, 0.2) is 0 Å². The summed E-state index contributed by atoms with van der Waals surface area (Å²) in [4.78, 5) is 4.63. The third-order valence-electron chi connectivity index (χ3n) is 9.30. The minimum absolute atomic E-state index is 0.115. The van der Waals surface area contributed by atoms with Gasteiger partial charge < -0.3 is 9.88 Å². The number of allylic oxidation sites excluding steroid dienone is 2. The Bertz CT molecular complexity index is 2490. The first-order chi connectivity index (χ1) is 23.3. The van der Waals surface area contributed by atoms with Gasteiger partial charge in [-0.05, 0) is 87.4 Å². The van der Waals surface area contributed by atoms with E-state index in [1.165, 1.54) is 54.8 Å².